The SMILES string of the molecule is COC(=O)CN(N)CC(C)C. The molecule has 0 atom stereocenters. The number of carbonyl (C=O) groups is 1. The van der Waals surface area contributed by atoms with Gasteiger partial charge in [0.25, 0.3) is 0 Å². The molecule has 66 valence electrons. The number of carbonyl (C=O) groups excluding carboxylic acids is 1. The fraction of sp³-hybridized carbons (Fsp3) is 0.857. The van der Waals surface area contributed by atoms with Crippen molar-refractivity contribution in [3.63, 3.8) is 0 Å². The molecule has 11 heavy (non-hydrogen) atoms. The van der Waals surface area contributed by atoms with Crippen LogP contribution in [-0.4, -0.2) is 31.2 Å². The van der Waals surface area contributed by atoms with Gasteiger partial charge in [-0.25, -0.2) is 5.01 Å². The first-order chi connectivity index (χ1) is 5.06. The summed E-state index contributed by atoms with van der Waals surface area (Å²) in [5, 5.41) is 1.45. The van der Waals surface area contributed by atoms with Gasteiger partial charge in [0.1, 0.15) is 6.54 Å². The Morgan fingerprint density at radius 1 is 1.64 bits per heavy atom. The monoisotopic (exact) mass is 160 g/mol. The number of esters is 1. The zero-order valence-corrected chi connectivity index (χ0v) is 7.33. The number of nitrogens with zero attached hydrogens (tertiary/aromatic N) is 1. The molecular weight excluding hydrogens is 144 g/mol. The lowest BCUT2D eigenvalue weighted by Crippen LogP contribution is -2.39. The minimum atomic E-state index is -0.298. The van der Waals surface area contributed by atoms with E-state index < -0.39 is 0 Å². The number of hydrogen-bond acceptors (Lipinski definition) is 4. The highest BCUT2D eigenvalue weighted by atomic mass is 16.5. The highest BCUT2D eigenvalue weighted by Gasteiger charge is 2.07. The maximum absolute atomic E-state index is 10.7. The highest BCUT2D eigenvalue weighted by Crippen LogP contribution is 1.93. The molecule has 0 amide bonds. The van der Waals surface area contributed by atoms with E-state index in [-0.39, 0.29) is 12.5 Å². The lowest BCUT2D eigenvalue weighted by molar-refractivity contribution is -0.142. The molecule has 0 saturated heterocycles. The van der Waals surface area contributed by atoms with Crippen LogP contribution in [0.3, 0.4) is 0 Å². The molecule has 0 aromatic carbocycles. The molecule has 0 fully saturated rings. The normalized spacial score (nSPS) is 10.7. The van der Waals surface area contributed by atoms with E-state index in [2.05, 4.69) is 4.74 Å². The Hall–Kier alpha value is -0.610. The minimum absolute atomic E-state index is 0.161. The van der Waals surface area contributed by atoms with E-state index in [0.717, 1.165) is 0 Å². The van der Waals surface area contributed by atoms with Crippen molar-refractivity contribution in [1.29, 1.82) is 0 Å². The zero-order valence-electron chi connectivity index (χ0n) is 7.33. The minimum Gasteiger partial charge on any atom is -0.468 e. The second-order valence-corrected chi connectivity index (χ2v) is 2.90. The number of nitrogens with two attached hydrogens (primary N) is 1. The molecule has 0 aromatic rings. The van der Waals surface area contributed by atoms with Crippen LogP contribution in [0.1, 0.15) is 13.8 Å². The lowest BCUT2D eigenvalue weighted by atomic mass is 10.2. The third-order valence-corrected chi connectivity index (χ3v) is 1.16. The third-order valence-electron chi connectivity index (χ3n) is 1.16. The van der Waals surface area contributed by atoms with E-state index in [1.165, 1.54) is 12.1 Å². The van der Waals surface area contributed by atoms with Crippen LogP contribution in [0.25, 0.3) is 0 Å². The molecule has 0 spiro atoms. The van der Waals surface area contributed by atoms with Crippen molar-refractivity contribution in [2.45, 2.75) is 13.8 Å². The Labute approximate surface area is 67.3 Å². The predicted molar refractivity (Wildman–Crippen MR) is 42.6 cm³/mol. The van der Waals surface area contributed by atoms with Gasteiger partial charge in [-0.2, -0.15) is 0 Å². The maximum Gasteiger partial charge on any atom is 0.321 e. The first kappa shape index (κ1) is 10.4. The summed E-state index contributed by atoms with van der Waals surface area (Å²) in [6.07, 6.45) is 0. The van der Waals surface area contributed by atoms with Gasteiger partial charge in [-0.3, -0.25) is 10.6 Å². The van der Waals surface area contributed by atoms with E-state index in [1.54, 1.807) is 0 Å². The molecule has 0 unspecified atom stereocenters. The van der Waals surface area contributed by atoms with Crippen LogP contribution in [0.4, 0.5) is 0 Å². The van der Waals surface area contributed by atoms with Crippen molar-refractivity contribution in [3.05, 3.63) is 0 Å². The van der Waals surface area contributed by atoms with Crippen LogP contribution >= 0.6 is 0 Å². The van der Waals surface area contributed by atoms with Crippen LogP contribution in [-0.2, 0) is 9.53 Å². The smallest absolute Gasteiger partial charge is 0.321 e. The maximum atomic E-state index is 10.7. The number of rotatable bonds is 4. The Kier molecular flexibility index (Phi) is 4.81. The van der Waals surface area contributed by atoms with Crippen molar-refractivity contribution in [3.8, 4) is 0 Å². The molecule has 0 aliphatic rings. The van der Waals surface area contributed by atoms with E-state index in [4.69, 9.17) is 5.84 Å². The van der Waals surface area contributed by atoms with Gasteiger partial charge in [-0.05, 0) is 5.92 Å². The largest absolute Gasteiger partial charge is 0.468 e. The van der Waals surface area contributed by atoms with Gasteiger partial charge in [0.05, 0.1) is 7.11 Å². The second kappa shape index (κ2) is 5.09. The first-order valence-electron chi connectivity index (χ1n) is 3.62. The average Bonchev–Trinajstić information content (AvgIpc) is 1.85. The van der Waals surface area contributed by atoms with Gasteiger partial charge < -0.3 is 4.74 Å². The standard InChI is InChI=1S/C7H16N2O2/c1-6(2)4-9(8)5-7(10)11-3/h6H,4-5,8H2,1-3H3. The van der Waals surface area contributed by atoms with Crippen LogP contribution in [0.15, 0.2) is 0 Å². The number of ether oxygens (including phenoxy) is 1. The van der Waals surface area contributed by atoms with Crippen molar-refractivity contribution < 1.29 is 9.53 Å². The van der Waals surface area contributed by atoms with Gasteiger partial charge in [-0.1, -0.05) is 13.8 Å². The van der Waals surface area contributed by atoms with E-state index in [9.17, 15) is 4.79 Å². The molecule has 0 aliphatic heterocycles. The topological polar surface area (TPSA) is 55.6 Å². The van der Waals surface area contributed by atoms with E-state index in [0.29, 0.717) is 12.5 Å². The average molecular weight is 160 g/mol. The van der Waals surface area contributed by atoms with Gasteiger partial charge in [0.15, 0.2) is 0 Å². The number of hydrogen-bond donors (Lipinski definition) is 1. The van der Waals surface area contributed by atoms with Gasteiger partial charge >= 0.3 is 5.97 Å². The van der Waals surface area contributed by atoms with Crippen LogP contribution < -0.4 is 5.84 Å². The zero-order chi connectivity index (χ0) is 8.85. The Morgan fingerprint density at radius 2 is 2.18 bits per heavy atom. The highest BCUT2D eigenvalue weighted by molar-refractivity contribution is 5.71. The Bertz CT molecular complexity index is 126. The summed E-state index contributed by atoms with van der Waals surface area (Å²) >= 11 is 0. The molecule has 0 aromatic heterocycles. The van der Waals surface area contributed by atoms with Crippen molar-refractivity contribution >= 4 is 5.97 Å². The van der Waals surface area contributed by atoms with Crippen LogP contribution in [0, 0.1) is 5.92 Å². The Balaban J connectivity index is 3.51. The summed E-state index contributed by atoms with van der Waals surface area (Å²) in [6.45, 7) is 4.94. The molecular formula is C7H16N2O2. The van der Waals surface area contributed by atoms with Gasteiger partial charge in [-0.15, -0.1) is 0 Å². The fourth-order valence-electron chi connectivity index (χ4n) is 0.764. The summed E-state index contributed by atoms with van der Waals surface area (Å²) < 4.78 is 4.44. The molecule has 0 heterocycles. The molecule has 0 bridgehead atoms. The summed E-state index contributed by atoms with van der Waals surface area (Å²) in [7, 11) is 1.35. The quantitative estimate of drug-likeness (QED) is 0.357. The van der Waals surface area contributed by atoms with E-state index >= 15 is 0 Å². The van der Waals surface area contributed by atoms with Crippen molar-refractivity contribution in [2.24, 2.45) is 11.8 Å². The second-order valence-electron chi connectivity index (χ2n) is 2.90. The molecule has 0 saturated carbocycles. The fourth-order valence-corrected chi connectivity index (χ4v) is 0.764. The van der Waals surface area contributed by atoms with Crippen molar-refractivity contribution in [2.75, 3.05) is 20.2 Å². The van der Waals surface area contributed by atoms with Crippen LogP contribution in [0.2, 0.25) is 0 Å². The Morgan fingerprint density at radius 3 is 2.55 bits per heavy atom. The third kappa shape index (κ3) is 5.82. The summed E-state index contributed by atoms with van der Waals surface area (Å²) in [6, 6.07) is 0. The number of methoxy groups -OCH3 is 1. The summed E-state index contributed by atoms with van der Waals surface area (Å²) in [5.74, 6) is 5.65. The molecule has 0 radical (unpaired) electrons. The first-order valence-corrected chi connectivity index (χ1v) is 3.62. The predicted octanol–water partition coefficient (Wildman–Crippen LogP) is -0.00890. The van der Waals surface area contributed by atoms with Crippen LogP contribution in [0.5, 0.6) is 0 Å². The van der Waals surface area contributed by atoms with Crippen molar-refractivity contribution in [1.82, 2.24) is 5.01 Å². The van der Waals surface area contributed by atoms with Gasteiger partial charge in [0.2, 0.25) is 0 Å². The molecule has 4 heteroatoms. The van der Waals surface area contributed by atoms with Gasteiger partial charge in [0, 0.05) is 6.54 Å². The molecule has 0 aliphatic carbocycles. The molecule has 0 rings (SSSR count). The summed E-state index contributed by atoms with van der Waals surface area (Å²) in [4.78, 5) is 10.7. The number of hydrazine groups is 1. The van der Waals surface area contributed by atoms with E-state index in [1.807, 2.05) is 13.8 Å². The molecule has 4 nitrogen and oxygen atoms in total. The lowest BCUT2D eigenvalue weighted by Gasteiger charge is -2.16. The molecule has 2 N–H and O–H groups in total. The summed E-state index contributed by atoms with van der Waals surface area (Å²) in [5.41, 5.74) is 0.